The van der Waals surface area contributed by atoms with Gasteiger partial charge in [0, 0.05) is 44.2 Å². The number of carbonyl (C=O) groups is 2. The Labute approximate surface area is 317 Å². The predicted molar refractivity (Wildman–Crippen MR) is 211 cm³/mol. The SMILES string of the molecule is CCCC(C)(C)OCCC(C)(C)n1nnc2c1-c1ccccc1CN(C(=O)CCC(=O)NCCCCCCOP(O)OC(C)C)c1ccccc1-2.CO. The predicted octanol–water partition coefficient (Wildman–Crippen LogP) is 7.91. The third kappa shape index (κ3) is 13.2. The number of rotatable bonds is 20. The van der Waals surface area contributed by atoms with Crippen LogP contribution < -0.4 is 10.2 Å². The minimum absolute atomic E-state index is 0.0739. The van der Waals surface area contributed by atoms with Crippen molar-refractivity contribution in [2.75, 3.05) is 31.8 Å². The minimum atomic E-state index is -1.82. The summed E-state index contributed by atoms with van der Waals surface area (Å²) < 4.78 is 18.8. The molecule has 2 amide bonds. The lowest BCUT2D eigenvalue weighted by molar-refractivity contribution is -0.125. The second-order valence-corrected chi connectivity index (χ2v) is 15.7. The summed E-state index contributed by atoms with van der Waals surface area (Å²) >= 11 is 0. The van der Waals surface area contributed by atoms with Gasteiger partial charge in [0.15, 0.2) is 0 Å². The number of aliphatic hydroxyl groups is 1. The molecule has 0 fully saturated rings. The van der Waals surface area contributed by atoms with E-state index in [2.05, 4.69) is 52.1 Å². The highest BCUT2D eigenvalue weighted by molar-refractivity contribution is 7.40. The number of anilines is 1. The van der Waals surface area contributed by atoms with Crippen molar-refractivity contribution in [2.45, 2.75) is 130 Å². The molecule has 1 aliphatic rings. The molecule has 1 aliphatic heterocycles. The Morgan fingerprint density at radius 1 is 0.925 bits per heavy atom. The number of aromatic nitrogens is 3. The summed E-state index contributed by atoms with van der Waals surface area (Å²) in [5.74, 6) is -0.264. The fourth-order valence-corrected chi connectivity index (χ4v) is 7.07. The molecular weight excluding hydrogens is 693 g/mol. The fraction of sp³-hybridized carbons (Fsp3) is 0.600. The first-order valence-electron chi connectivity index (χ1n) is 18.9. The second kappa shape index (κ2) is 21.6. The topological polar surface area (TPSA) is 148 Å². The van der Waals surface area contributed by atoms with Gasteiger partial charge < -0.3 is 34.0 Å². The first-order chi connectivity index (χ1) is 25.3. The molecule has 1 aromatic heterocycles. The van der Waals surface area contributed by atoms with E-state index in [1.807, 2.05) is 54.9 Å². The van der Waals surface area contributed by atoms with Gasteiger partial charge in [0.05, 0.1) is 41.8 Å². The standard InChI is InChI=1S/C39H58N5O6P.CH4O/c1-8-23-39(6,7)48-27-24-38(4,5)44-37-31-18-12-11-17-30(31)28-43(33-20-14-13-19-32(33)36(37)41-42-44)35(46)22-21-34(45)40-25-15-9-10-16-26-49-51(47)50-29(2)3;1-2/h11-14,17-20,29,47H,8-10,15-16,21-28H2,1-7H3,(H,40,45);2H,1H3. The van der Waals surface area contributed by atoms with Crippen LogP contribution in [-0.4, -0.2) is 75.4 Å². The average molecular weight is 756 g/mol. The van der Waals surface area contributed by atoms with Gasteiger partial charge in [-0.2, -0.15) is 0 Å². The number of amides is 2. The molecule has 4 rings (SSSR count). The van der Waals surface area contributed by atoms with E-state index < -0.39 is 14.1 Å². The molecule has 294 valence electrons. The number of carbonyl (C=O) groups excluding carboxylic acids is 2. The average Bonchev–Trinajstić information content (AvgIpc) is 3.56. The number of nitrogens with one attached hydrogen (secondary N) is 1. The summed E-state index contributed by atoms with van der Waals surface area (Å²) in [5, 5.41) is 19.4. The van der Waals surface area contributed by atoms with Crippen molar-refractivity contribution in [2.24, 2.45) is 0 Å². The maximum Gasteiger partial charge on any atom is 0.330 e. The van der Waals surface area contributed by atoms with Crippen LogP contribution in [0, 0.1) is 0 Å². The molecule has 0 saturated carbocycles. The van der Waals surface area contributed by atoms with Crippen LogP contribution in [0.4, 0.5) is 5.69 Å². The van der Waals surface area contributed by atoms with Crippen LogP contribution in [0.15, 0.2) is 48.5 Å². The van der Waals surface area contributed by atoms with Gasteiger partial charge in [-0.3, -0.25) is 9.59 Å². The van der Waals surface area contributed by atoms with Crippen molar-refractivity contribution in [1.82, 2.24) is 20.3 Å². The smallest absolute Gasteiger partial charge is 0.330 e. The first kappa shape index (κ1) is 44.1. The van der Waals surface area contributed by atoms with E-state index in [1.54, 1.807) is 4.90 Å². The maximum atomic E-state index is 13.9. The molecule has 0 aliphatic carbocycles. The quantitative estimate of drug-likeness (QED) is 0.0773. The molecule has 3 aromatic rings. The zero-order valence-electron chi connectivity index (χ0n) is 33.1. The first-order valence-corrected chi connectivity index (χ1v) is 20.0. The second-order valence-electron chi connectivity index (χ2n) is 14.8. The lowest BCUT2D eigenvalue weighted by atomic mass is 9.93. The number of unbranched alkanes of at least 4 members (excludes halogenated alkanes) is 3. The van der Waals surface area contributed by atoms with E-state index >= 15 is 0 Å². The monoisotopic (exact) mass is 755 g/mol. The van der Waals surface area contributed by atoms with Gasteiger partial charge in [-0.05, 0) is 78.9 Å². The van der Waals surface area contributed by atoms with Crippen molar-refractivity contribution in [3.05, 3.63) is 54.1 Å². The Kier molecular flexibility index (Phi) is 18.0. The zero-order chi connectivity index (χ0) is 39.0. The number of aliphatic hydroxyl groups excluding tert-OH is 1. The molecular formula is C40H62N5O7P. The van der Waals surface area contributed by atoms with E-state index in [1.165, 1.54) is 0 Å². The number of fused-ring (bicyclic) bond motifs is 5. The van der Waals surface area contributed by atoms with E-state index in [0.717, 1.165) is 85.8 Å². The van der Waals surface area contributed by atoms with Crippen molar-refractivity contribution in [1.29, 1.82) is 0 Å². The Bertz CT molecular complexity index is 1580. The number of benzene rings is 2. The Morgan fingerprint density at radius 2 is 1.60 bits per heavy atom. The van der Waals surface area contributed by atoms with Crippen molar-refractivity contribution < 1.29 is 33.4 Å². The van der Waals surface area contributed by atoms with Crippen LogP contribution in [0.2, 0.25) is 0 Å². The summed E-state index contributed by atoms with van der Waals surface area (Å²) in [6.45, 7) is 16.4. The van der Waals surface area contributed by atoms with Gasteiger partial charge in [-0.1, -0.05) is 73.9 Å². The van der Waals surface area contributed by atoms with Gasteiger partial charge in [0.1, 0.15) is 5.69 Å². The van der Waals surface area contributed by atoms with Crippen LogP contribution in [0.3, 0.4) is 0 Å². The van der Waals surface area contributed by atoms with Crippen LogP contribution in [0.25, 0.3) is 22.5 Å². The minimum Gasteiger partial charge on any atom is -0.400 e. The Balaban J connectivity index is 0.00000372. The molecule has 12 nitrogen and oxygen atoms in total. The molecule has 13 heteroatoms. The summed E-state index contributed by atoms with van der Waals surface area (Å²) in [5.41, 5.74) is 4.62. The molecule has 2 heterocycles. The van der Waals surface area contributed by atoms with Crippen LogP contribution in [0.1, 0.15) is 112 Å². The van der Waals surface area contributed by atoms with Gasteiger partial charge in [0.25, 0.3) is 0 Å². The maximum absolute atomic E-state index is 13.9. The molecule has 1 atom stereocenters. The Hall–Kier alpha value is -3.25. The van der Waals surface area contributed by atoms with Crippen LogP contribution >= 0.6 is 8.60 Å². The molecule has 0 spiro atoms. The molecule has 0 saturated heterocycles. The summed E-state index contributed by atoms with van der Waals surface area (Å²) in [6, 6.07) is 16.0. The number of hydrogen-bond acceptors (Lipinski definition) is 9. The fourth-order valence-electron chi connectivity index (χ4n) is 6.37. The van der Waals surface area contributed by atoms with Crippen LogP contribution in [-0.2, 0) is 35.5 Å². The van der Waals surface area contributed by atoms with Gasteiger partial charge in [-0.15, -0.1) is 5.10 Å². The van der Waals surface area contributed by atoms with Crippen molar-refractivity contribution >= 4 is 26.1 Å². The van der Waals surface area contributed by atoms with Crippen molar-refractivity contribution in [3.8, 4) is 22.5 Å². The lowest BCUT2D eigenvalue weighted by Crippen LogP contribution is -2.34. The van der Waals surface area contributed by atoms with E-state index in [9.17, 15) is 14.5 Å². The molecule has 2 aromatic carbocycles. The summed E-state index contributed by atoms with van der Waals surface area (Å²) in [6.07, 6.45) is 6.43. The van der Waals surface area contributed by atoms with E-state index in [-0.39, 0.29) is 36.4 Å². The molecule has 0 bridgehead atoms. The normalized spacial score (nSPS) is 13.2. The highest BCUT2D eigenvalue weighted by Crippen LogP contribution is 2.43. The highest BCUT2D eigenvalue weighted by atomic mass is 31.2. The van der Waals surface area contributed by atoms with Gasteiger partial charge >= 0.3 is 8.60 Å². The number of ether oxygens (including phenoxy) is 1. The highest BCUT2D eigenvalue weighted by Gasteiger charge is 2.33. The van der Waals surface area contributed by atoms with Crippen LogP contribution in [0.5, 0.6) is 0 Å². The van der Waals surface area contributed by atoms with Gasteiger partial charge in [-0.25, -0.2) is 4.68 Å². The van der Waals surface area contributed by atoms with E-state index in [0.29, 0.717) is 26.3 Å². The summed E-state index contributed by atoms with van der Waals surface area (Å²) in [7, 11) is -0.821. The van der Waals surface area contributed by atoms with Crippen molar-refractivity contribution in [3.63, 3.8) is 0 Å². The number of nitrogens with zero attached hydrogens (tertiary/aromatic N) is 4. The largest absolute Gasteiger partial charge is 0.400 e. The molecule has 3 N–H and O–H groups in total. The molecule has 0 radical (unpaired) electrons. The number of hydrogen-bond donors (Lipinski definition) is 3. The number of para-hydroxylation sites is 1. The third-order valence-electron chi connectivity index (χ3n) is 9.12. The van der Waals surface area contributed by atoms with E-state index in [4.69, 9.17) is 29.2 Å². The Morgan fingerprint density at radius 3 is 2.32 bits per heavy atom. The summed E-state index contributed by atoms with van der Waals surface area (Å²) in [4.78, 5) is 38.1. The zero-order valence-corrected chi connectivity index (χ0v) is 34.0. The molecule has 53 heavy (non-hydrogen) atoms. The lowest BCUT2D eigenvalue weighted by Gasteiger charge is -2.32. The third-order valence-corrected chi connectivity index (χ3v) is 10.1. The molecule has 1 unspecified atom stereocenters. The van der Waals surface area contributed by atoms with Gasteiger partial charge in [0.2, 0.25) is 11.8 Å².